The molecular weight excluding hydrogens is 368 g/mol. The van der Waals surface area contributed by atoms with E-state index in [0.717, 1.165) is 11.1 Å². The third-order valence-electron chi connectivity index (χ3n) is 4.64. The molecule has 0 aliphatic carbocycles. The Morgan fingerprint density at radius 1 is 1.03 bits per heavy atom. The number of hydrogen-bond acceptors (Lipinski definition) is 5. The molecule has 1 N–H and O–H groups in total. The van der Waals surface area contributed by atoms with Crippen molar-refractivity contribution in [1.29, 1.82) is 0 Å². The number of hydrogen-bond donors (Lipinski definition) is 1. The van der Waals surface area contributed by atoms with E-state index in [1.54, 1.807) is 29.2 Å². The van der Waals surface area contributed by atoms with Crippen LogP contribution in [0.1, 0.15) is 32.1 Å². The third-order valence-corrected chi connectivity index (χ3v) is 4.64. The van der Waals surface area contributed by atoms with E-state index in [2.05, 4.69) is 15.3 Å². The van der Waals surface area contributed by atoms with E-state index in [1.165, 1.54) is 12.4 Å². The van der Waals surface area contributed by atoms with Crippen molar-refractivity contribution in [3.63, 3.8) is 0 Å². The van der Waals surface area contributed by atoms with Gasteiger partial charge in [-0.3, -0.25) is 9.59 Å². The number of fused-ring (bicyclic) bond motifs is 1. The number of rotatable bonds is 4. The summed E-state index contributed by atoms with van der Waals surface area (Å²) in [6.45, 7) is 1.56. The van der Waals surface area contributed by atoms with Gasteiger partial charge in [0.25, 0.3) is 11.8 Å². The largest absolute Gasteiger partial charge is 0.491 e. The molecular formula is C22H20N4O3. The van der Waals surface area contributed by atoms with Crippen LogP contribution in [0, 0.1) is 0 Å². The molecule has 0 saturated heterocycles. The van der Waals surface area contributed by atoms with Gasteiger partial charge < -0.3 is 15.0 Å². The van der Waals surface area contributed by atoms with Crippen molar-refractivity contribution in [2.45, 2.75) is 13.1 Å². The van der Waals surface area contributed by atoms with Crippen LogP contribution in [0.3, 0.4) is 0 Å². The standard InChI is InChI=1S/C22H20N4O3/c27-21(25-14-16-5-2-1-3-6-16)17-7-8-19-18(13-17)15-26(11-12-29-19)22(28)20-23-9-4-10-24-20/h1-10,13H,11-12,14-15H2,(H,25,27). The average molecular weight is 388 g/mol. The van der Waals surface area contributed by atoms with E-state index < -0.39 is 0 Å². The number of nitrogens with zero attached hydrogens (tertiary/aromatic N) is 3. The first-order chi connectivity index (χ1) is 14.2. The van der Waals surface area contributed by atoms with Gasteiger partial charge in [-0.2, -0.15) is 0 Å². The predicted molar refractivity (Wildman–Crippen MR) is 106 cm³/mol. The molecule has 4 rings (SSSR count). The van der Waals surface area contributed by atoms with Crippen molar-refractivity contribution < 1.29 is 14.3 Å². The second-order valence-electron chi connectivity index (χ2n) is 6.64. The minimum absolute atomic E-state index is 0.146. The highest BCUT2D eigenvalue weighted by Crippen LogP contribution is 2.25. The van der Waals surface area contributed by atoms with Crippen LogP contribution >= 0.6 is 0 Å². The zero-order chi connectivity index (χ0) is 20.1. The van der Waals surface area contributed by atoms with Crippen LogP contribution in [0.2, 0.25) is 0 Å². The summed E-state index contributed by atoms with van der Waals surface area (Å²) in [5.74, 6) is 0.382. The molecule has 0 bridgehead atoms. The number of amides is 2. The summed E-state index contributed by atoms with van der Waals surface area (Å²) in [7, 11) is 0. The van der Waals surface area contributed by atoms with Gasteiger partial charge in [0.1, 0.15) is 12.4 Å². The van der Waals surface area contributed by atoms with Gasteiger partial charge >= 0.3 is 0 Å². The zero-order valence-electron chi connectivity index (χ0n) is 15.7. The Morgan fingerprint density at radius 2 is 1.83 bits per heavy atom. The Morgan fingerprint density at radius 3 is 2.62 bits per heavy atom. The number of carbonyl (C=O) groups excluding carboxylic acids is 2. The van der Waals surface area contributed by atoms with Crippen molar-refractivity contribution in [3.8, 4) is 5.75 Å². The molecule has 7 heteroatoms. The van der Waals surface area contributed by atoms with E-state index >= 15 is 0 Å². The van der Waals surface area contributed by atoms with Crippen LogP contribution in [0.4, 0.5) is 0 Å². The van der Waals surface area contributed by atoms with Crippen molar-refractivity contribution in [1.82, 2.24) is 20.2 Å². The summed E-state index contributed by atoms with van der Waals surface area (Å²) in [6, 6.07) is 16.7. The minimum Gasteiger partial charge on any atom is -0.491 e. The second kappa shape index (κ2) is 8.52. The highest BCUT2D eigenvalue weighted by Gasteiger charge is 2.23. The summed E-state index contributed by atoms with van der Waals surface area (Å²) in [5, 5.41) is 2.92. The molecule has 1 aromatic heterocycles. The third kappa shape index (κ3) is 4.40. The molecule has 0 spiro atoms. The molecule has 0 unspecified atom stereocenters. The normalized spacial score (nSPS) is 13.0. The molecule has 2 heterocycles. The van der Waals surface area contributed by atoms with Crippen LogP contribution in [-0.2, 0) is 13.1 Å². The molecule has 0 radical (unpaired) electrons. The van der Waals surface area contributed by atoms with Gasteiger partial charge in [-0.1, -0.05) is 30.3 Å². The van der Waals surface area contributed by atoms with E-state index in [4.69, 9.17) is 4.74 Å². The Labute approximate surface area is 168 Å². The fourth-order valence-corrected chi connectivity index (χ4v) is 3.14. The maximum absolute atomic E-state index is 12.7. The summed E-state index contributed by atoms with van der Waals surface area (Å²) in [4.78, 5) is 35.0. The Hall–Kier alpha value is -3.74. The van der Waals surface area contributed by atoms with E-state index in [1.807, 2.05) is 30.3 Å². The minimum atomic E-state index is -0.263. The highest BCUT2D eigenvalue weighted by atomic mass is 16.5. The predicted octanol–water partition coefficient (Wildman–Crippen LogP) is 2.44. The lowest BCUT2D eigenvalue weighted by molar-refractivity contribution is 0.0720. The van der Waals surface area contributed by atoms with E-state index in [9.17, 15) is 9.59 Å². The molecule has 0 fully saturated rings. The molecule has 2 amide bonds. The molecule has 0 saturated carbocycles. The highest BCUT2D eigenvalue weighted by molar-refractivity contribution is 5.94. The quantitative estimate of drug-likeness (QED) is 0.742. The van der Waals surface area contributed by atoms with Gasteiger partial charge in [0.05, 0.1) is 6.54 Å². The van der Waals surface area contributed by atoms with Gasteiger partial charge in [-0.25, -0.2) is 9.97 Å². The molecule has 146 valence electrons. The van der Waals surface area contributed by atoms with Crippen molar-refractivity contribution in [3.05, 3.63) is 89.5 Å². The monoisotopic (exact) mass is 388 g/mol. The Kier molecular flexibility index (Phi) is 5.47. The van der Waals surface area contributed by atoms with Crippen LogP contribution in [0.5, 0.6) is 5.75 Å². The fourth-order valence-electron chi connectivity index (χ4n) is 3.14. The first-order valence-corrected chi connectivity index (χ1v) is 9.35. The average Bonchev–Trinajstić information content (AvgIpc) is 3.00. The number of ether oxygens (including phenoxy) is 1. The first-order valence-electron chi connectivity index (χ1n) is 9.35. The van der Waals surface area contributed by atoms with Gasteiger partial charge in [-0.15, -0.1) is 0 Å². The molecule has 7 nitrogen and oxygen atoms in total. The summed E-state index contributed by atoms with van der Waals surface area (Å²) >= 11 is 0. The summed E-state index contributed by atoms with van der Waals surface area (Å²) in [6.07, 6.45) is 3.08. The van der Waals surface area contributed by atoms with Crippen molar-refractivity contribution in [2.75, 3.05) is 13.2 Å². The first kappa shape index (κ1) is 18.6. The molecule has 1 aliphatic rings. The van der Waals surface area contributed by atoms with Crippen LogP contribution in [0.25, 0.3) is 0 Å². The number of carbonyl (C=O) groups is 2. The molecule has 29 heavy (non-hydrogen) atoms. The van der Waals surface area contributed by atoms with Gasteiger partial charge in [0.2, 0.25) is 5.82 Å². The molecule has 2 aromatic carbocycles. The van der Waals surface area contributed by atoms with Crippen molar-refractivity contribution >= 4 is 11.8 Å². The number of benzene rings is 2. The smallest absolute Gasteiger partial charge is 0.292 e. The van der Waals surface area contributed by atoms with Crippen LogP contribution < -0.4 is 10.1 Å². The van der Waals surface area contributed by atoms with E-state index in [-0.39, 0.29) is 17.6 Å². The zero-order valence-corrected chi connectivity index (χ0v) is 15.7. The fraction of sp³-hybridized carbons (Fsp3) is 0.182. The molecule has 3 aromatic rings. The summed E-state index contributed by atoms with van der Waals surface area (Å²) < 4.78 is 5.76. The lowest BCUT2D eigenvalue weighted by Gasteiger charge is -2.18. The number of nitrogens with one attached hydrogen (secondary N) is 1. The van der Waals surface area contributed by atoms with Crippen LogP contribution in [0.15, 0.2) is 67.0 Å². The van der Waals surface area contributed by atoms with Crippen LogP contribution in [-0.4, -0.2) is 39.8 Å². The van der Waals surface area contributed by atoms with E-state index in [0.29, 0.717) is 37.6 Å². The number of aromatic nitrogens is 2. The van der Waals surface area contributed by atoms with Crippen molar-refractivity contribution in [2.24, 2.45) is 0 Å². The topological polar surface area (TPSA) is 84.4 Å². The lowest BCUT2D eigenvalue weighted by Crippen LogP contribution is -2.33. The SMILES string of the molecule is O=C(NCc1ccccc1)c1ccc2c(c1)CN(C(=O)c1ncccn1)CCO2. The lowest BCUT2D eigenvalue weighted by atomic mass is 10.1. The summed E-state index contributed by atoms with van der Waals surface area (Å²) in [5.41, 5.74) is 2.33. The second-order valence-corrected chi connectivity index (χ2v) is 6.64. The van der Waals surface area contributed by atoms with Gasteiger partial charge in [-0.05, 0) is 29.8 Å². The Bertz CT molecular complexity index is 1010. The molecule has 0 atom stereocenters. The Balaban J connectivity index is 1.49. The van der Waals surface area contributed by atoms with Gasteiger partial charge in [0, 0.05) is 36.6 Å². The van der Waals surface area contributed by atoms with Gasteiger partial charge in [0.15, 0.2) is 0 Å². The maximum Gasteiger partial charge on any atom is 0.292 e. The molecule has 1 aliphatic heterocycles. The maximum atomic E-state index is 12.7.